The lowest BCUT2D eigenvalue weighted by Crippen LogP contribution is -2.12. The van der Waals surface area contributed by atoms with Gasteiger partial charge in [-0.1, -0.05) is 0 Å². The molecule has 2 unspecified atom stereocenters. The van der Waals surface area contributed by atoms with Crippen molar-refractivity contribution in [3.8, 4) is 11.6 Å². The molecule has 23 heavy (non-hydrogen) atoms. The Morgan fingerprint density at radius 3 is 2.70 bits per heavy atom. The molecular formula is C15H14F3N3O2. The van der Waals surface area contributed by atoms with Crippen LogP contribution in [0.25, 0.3) is 0 Å². The number of aromatic nitrogens is 3. The van der Waals surface area contributed by atoms with E-state index in [1.54, 1.807) is 13.3 Å². The van der Waals surface area contributed by atoms with Crippen LogP contribution in [0.2, 0.25) is 0 Å². The minimum absolute atomic E-state index is 0.0688. The maximum Gasteiger partial charge on any atom is 0.451 e. The van der Waals surface area contributed by atoms with Crippen LogP contribution in [0.5, 0.6) is 11.6 Å². The highest BCUT2D eigenvalue weighted by Crippen LogP contribution is 2.46. The Morgan fingerprint density at radius 2 is 2.04 bits per heavy atom. The third-order valence-electron chi connectivity index (χ3n) is 3.63. The average Bonchev–Trinajstić information content (AvgIpc) is 3.32. The molecule has 0 aromatic carbocycles. The van der Waals surface area contributed by atoms with Crippen LogP contribution in [0, 0.1) is 5.92 Å². The summed E-state index contributed by atoms with van der Waals surface area (Å²) >= 11 is 0. The van der Waals surface area contributed by atoms with Crippen molar-refractivity contribution < 1.29 is 22.6 Å². The van der Waals surface area contributed by atoms with Gasteiger partial charge in [-0.15, -0.1) is 0 Å². The molecule has 2 aromatic rings. The monoisotopic (exact) mass is 325 g/mol. The zero-order valence-corrected chi connectivity index (χ0v) is 12.2. The first kappa shape index (κ1) is 15.5. The van der Waals surface area contributed by atoms with Gasteiger partial charge in [-0.2, -0.15) is 18.2 Å². The van der Waals surface area contributed by atoms with E-state index in [1.807, 2.05) is 12.1 Å². The van der Waals surface area contributed by atoms with Crippen LogP contribution in [0.3, 0.4) is 0 Å². The number of ether oxygens (including phenoxy) is 2. The van der Waals surface area contributed by atoms with Crippen molar-refractivity contribution in [2.75, 3.05) is 13.7 Å². The highest BCUT2D eigenvalue weighted by molar-refractivity contribution is 5.25. The van der Waals surface area contributed by atoms with E-state index in [0.717, 1.165) is 18.3 Å². The van der Waals surface area contributed by atoms with Crippen molar-refractivity contribution in [1.82, 2.24) is 15.0 Å². The normalized spacial score (nSPS) is 20.2. The Hall–Kier alpha value is -2.38. The van der Waals surface area contributed by atoms with E-state index >= 15 is 0 Å². The first-order valence-electron chi connectivity index (χ1n) is 7.00. The van der Waals surface area contributed by atoms with E-state index in [4.69, 9.17) is 9.47 Å². The first-order valence-corrected chi connectivity index (χ1v) is 7.00. The molecule has 1 saturated carbocycles. The third-order valence-corrected chi connectivity index (χ3v) is 3.63. The van der Waals surface area contributed by atoms with Gasteiger partial charge in [-0.3, -0.25) is 4.98 Å². The van der Waals surface area contributed by atoms with E-state index in [0.29, 0.717) is 12.4 Å². The molecule has 0 spiro atoms. The Morgan fingerprint density at radius 1 is 1.22 bits per heavy atom. The molecule has 0 radical (unpaired) electrons. The van der Waals surface area contributed by atoms with E-state index in [1.165, 1.54) is 6.07 Å². The lowest BCUT2D eigenvalue weighted by molar-refractivity contribution is -0.145. The molecule has 0 N–H and O–H groups in total. The quantitative estimate of drug-likeness (QED) is 0.845. The number of pyridine rings is 1. The van der Waals surface area contributed by atoms with Gasteiger partial charge in [0.05, 0.1) is 19.9 Å². The highest BCUT2D eigenvalue weighted by atomic mass is 19.4. The Kier molecular flexibility index (Phi) is 4.06. The van der Waals surface area contributed by atoms with E-state index in [9.17, 15) is 13.2 Å². The fourth-order valence-corrected chi connectivity index (χ4v) is 2.28. The number of hydrogen-bond donors (Lipinski definition) is 0. The predicted octanol–water partition coefficient (Wildman–Crippen LogP) is 3.08. The van der Waals surface area contributed by atoms with Gasteiger partial charge in [0.25, 0.3) is 0 Å². The van der Waals surface area contributed by atoms with Crippen molar-refractivity contribution in [3.05, 3.63) is 42.1 Å². The van der Waals surface area contributed by atoms with E-state index in [2.05, 4.69) is 15.0 Å². The summed E-state index contributed by atoms with van der Waals surface area (Å²) < 4.78 is 48.0. The van der Waals surface area contributed by atoms with Crippen LogP contribution in [-0.4, -0.2) is 28.7 Å². The molecule has 0 amide bonds. The van der Waals surface area contributed by atoms with Gasteiger partial charge in [0.2, 0.25) is 11.7 Å². The molecule has 8 heteroatoms. The summed E-state index contributed by atoms with van der Waals surface area (Å²) in [7, 11) is 1.57. The van der Waals surface area contributed by atoms with Gasteiger partial charge in [-0.25, -0.2) is 4.98 Å². The standard InChI is InChI=1S/C15H14F3N3O2/c1-22-10-2-3-12(20-7-10)11-6-9(11)8-23-13-4-5-19-14(21-13)15(16,17)18/h2-5,7,9,11H,6,8H2,1H3. The summed E-state index contributed by atoms with van der Waals surface area (Å²) in [6.07, 6.45) is -1.00. The number of halogens is 3. The SMILES string of the molecule is COc1ccc(C2CC2COc2ccnc(C(F)(F)F)n2)nc1. The van der Waals surface area contributed by atoms with Crippen LogP contribution < -0.4 is 9.47 Å². The van der Waals surface area contributed by atoms with Crippen molar-refractivity contribution in [1.29, 1.82) is 0 Å². The predicted molar refractivity (Wildman–Crippen MR) is 74.2 cm³/mol. The summed E-state index contributed by atoms with van der Waals surface area (Å²) in [5.74, 6) is -0.104. The molecule has 1 aliphatic rings. The van der Waals surface area contributed by atoms with Crippen LogP contribution in [0.1, 0.15) is 23.9 Å². The molecule has 2 atom stereocenters. The molecule has 1 fully saturated rings. The molecule has 122 valence electrons. The van der Waals surface area contributed by atoms with Crippen molar-refractivity contribution in [3.63, 3.8) is 0 Å². The number of rotatable bonds is 5. The molecule has 1 aliphatic carbocycles. The molecule has 0 bridgehead atoms. The van der Waals surface area contributed by atoms with E-state index < -0.39 is 12.0 Å². The summed E-state index contributed by atoms with van der Waals surface area (Å²) in [6.45, 7) is 0.298. The fourth-order valence-electron chi connectivity index (χ4n) is 2.28. The largest absolute Gasteiger partial charge is 0.495 e. The van der Waals surface area contributed by atoms with Crippen molar-refractivity contribution >= 4 is 0 Å². The number of methoxy groups -OCH3 is 1. The smallest absolute Gasteiger partial charge is 0.451 e. The second-order valence-electron chi connectivity index (χ2n) is 5.25. The molecule has 0 saturated heterocycles. The topological polar surface area (TPSA) is 57.1 Å². The van der Waals surface area contributed by atoms with Gasteiger partial charge in [0.15, 0.2) is 0 Å². The second-order valence-corrected chi connectivity index (χ2v) is 5.25. The molecule has 3 rings (SSSR count). The Bertz CT molecular complexity index is 676. The van der Waals surface area contributed by atoms with Crippen molar-refractivity contribution in [2.45, 2.75) is 18.5 Å². The average molecular weight is 325 g/mol. The summed E-state index contributed by atoms with van der Waals surface area (Å²) in [6, 6.07) is 5.03. The molecule has 2 aromatic heterocycles. The fraction of sp³-hybridized carbons (Fsp3) is 0.400. The molecule has 0 aliphatic heterocycles. The van der Waals surface area contributed by atoms with Gasteiger partial charge in [0.1, 0.15) is 5.75 Å². The van der Waals surface area contributed by atoms with Crippen LogP contribution in [0.4, 0.5) is 13.2 Å². The van der Waals surface area contributed by atoms with Gasteiger partial charge < -0.3 is 9.47 Å². The van der Waals surface area contributed by atoms with Gasteiger partial charge >= 0.3 is 6.18 Å². The zero-order chi connectivity index (χ0) is 16.4. The zero-order valence-electron chi connectivity index (χ0n) is 12.2. The Labute approximate surface area is 130 Å². The minimum atomic E-state index is -4.57. The third kappa shape index (κ3) is 3.69. The molecular weight excluding hydrogens is 311 g/mol. The van der Waals surface area contributed by atoms with Gasteiger partial charge in [0, 0.05) is 29.8 Å². The number of alkyl halides is 3. The summed E-state index contributed by atoms with van der Waals surface area (Å²) in [5.41, 5.74) is 0.929. The first-order chi connectivity index (χ1) is 11.0. The van der Waals surface area contributed by atoms with E-state index in [-0.39, 0.29) is 17.7 Å². The molecule has 2 heterocycles. The summed E-state index contributed by atoms with van der Waals surface area (Å²) in [4.78, 5) is 10.9. The maximum atomic E-state index is 12.5. The second kappa shape index (κ2) is 6.02. The number of hydrogen-bond acceptors (Lipinski definition) is 5. The van der Waals surface area contributed by atoms with Crippen LogP contribution in [0.15, 0.2) is 30.6 Å². The van der Waals surface area contributed by atoms with Crippen LogP contribution >= 0.6 is 0 Å². The highest BCUT2D eigenvalue weighted by Gasteiger charge is 2.40. The van der Waals surface area contributed by atoms with Gasteiger partial charge in [-0.05, 0) is 18.6 Å². The maximum absolute atomic E-state index is 12.5. The Balaban J connectivity index is 1.56. The lowest BCUT2D eigenvalue weighted by Gasteiger charge is -2.08. The summed E-state index contributed by atoms with van der Waals surface area (Å²) in [5, 5.41) is 0. The number of nitrogens with zero attached hydrogens (tertiary/aromatic N) is 3. The minimum Gasteiger partial charge on any atom is -0.495 e. The van der Waals surface area contributed by atoms with Crippen LogP contribution in [-0.2, 0) is 6.18 Å². The lowest BCUT2D eigenvalue weighted by atomic mass is 10.2. The molecule has 5 nitrogen and oxygen atoms in total. The van der Waals surface area contributed by atoms with Crippen molar-refractivity contribution in [2.24, 2.45) is 5.92 Å².